The van der Waals surface area contributed by atoms with E-state index in [0.717, 1.165) is 44.0 Å². The van der Waals surface area contributed by atoms with Crippen LogP contribution in [0.15, 0.2) is 30.3 Å². The zero-order chi connectivity index (χ0) is 21.3. The Kier molecular flexibility index (Phi) is 5.95. The molecule has 2 saturated heterocycles. The summed E-state index contributed by atoms with van der Waals surface area (Å²) < 4.78 is 25.2. The van der Waals surface area contributed by atoms with Crippen molar-refractivity contribution in [1.29, 1.82) is 0 Å². The third-order valence-electron chi connectivity index (χ3n) is 5.88. The minimum absolute atomic E-state index is 0.0693. The molecule has 4 rings (SSSR count). The van der Waals surface area contributed by atoms with Crippen LogP contribution in [0.25, 0.3) is 5.69 Å². The molecule has 1 atom stereocenters. The van der Waals surface area contributed by atoms with Gasteiger partial charge in [-0.2, -0.15) is 5.10 Å². The van der Waals surface area contributed by atoms with Crippen LogP contribution in [0.2, 0.25) is 0 Å². The Labute approximate surface area is 177 Å². The SMILES string of the molecule is Cc1ccc(-n2nc(C)cc2NC(=O)CN2CCN([C@@H]3CCS(=O)(=O)C3)CC2)cc1. The molecule has 0 spiro atoms. The summed E-state index contributed by atoms with van der Waals surface area (Å²) in [5.41, 5.74) is 2.91. The van der Waals surface area contributed by atoms with E-state index in [1.54, 1.807) is 4.68 Å². The topological polar surface area (TPSA) is 87.5 Å². The van der Waals surface area contributed by atoms with Crippen LogP contribution in [0, 0.1) is 13.8 Å². The molecule has 0 radical (unpaired) electrons. The molecular formula is C21H29N5O3S. The highest BCUT2D eigenvalue weighted by Gasteiger charge is 2.33. The molecule has 2 aliphatic heterocycles. The lowest BCUT2D eigenvalue weighted by molar-refractivity contribution is -0.117. The van der Waals surface area contributed by atoms with Gasteiger partial charge in [-0.05, 0) is 32.4 Å². The van der Waals surface area contributed by atoms with E-state index in [-0.39, 0.29) is 17.7 Å². The fraction of sp³-hybridized carbons (Fsp3) is 0.524. The normalized spacial score (nSPS) is 22.3. The Morgan fingerprint density at radius 2 is 1.83 bits per heavy atom. The molecule has 3 heterocycles. The van der Waals surface area contributed by atoms with Crippen molar-refractivity contribution in [1.82, 2.24) is 19.6 Å². The highest BCUT2D eigenvalue weighted by Crippen LogP contribution is 2.20. The lowest BCUT2D eigenvalue weighted by Crippen LogP contribution is -2.52. The van der Waals surface area contributed by atoms with E-state index < -0.39 is 9.84 Å². The molecule has 8 nitrogen and oxygen atoms in total. The minimum Gasteiger partial charge on any atom is -0.309 e. The monoisotopic (exact) mass is 431 g/mol. The second-order valence-electron chi connectivity index (χ2n) is 8.34. The predicted molar refractivity (Wildman–Crippen MR) is 117 cm³/mol. The van der Waals surface area contributed by atoms with Gasteiger partial charge in [0.05, 0.1) is 29.4 Å². The number of anilines is 1. The van der Waals surface area contributed by atoms with Gasteiger partial charge in [0.25, 0.3) is 0 Å². The molecule has 162 valence electrons. The number of nitrogens with one attached hydrogen (secondary N) is 1. The summed E-state index contributed by atoms with van der Waals surface area (Å²) in [7, 11) is -2.87. The first-order valence-electron chi connectivity index (χ1n) is 10.4. The standard InChI is InChI=1S/C21H29N5O3S/c1-16-3-5-18(6-4-16)26-20(13-17(2)23-26)22-21(27)14-24-8-10-25(11-9-24)19-7-12-30(28,29)15-19/h3-6,13,19H,7-12,14-15H2,1-2H3,(H,22,27)/t19-/m1/s1. The fourth-order valence-corrected chi connectivity index (χ4v) is 5.97. The lowest BCUT2D eigenvalue weighted by Gasteiger charge is -2.37. The molecule has 0 aliphatic carbocycles. The largest absolute Gasteiger partial charge is 0.309 e. The Morgan fingerprint density at radius 3 is 2.47 bits per heavy atom. The van der Waals surface area contributed by atoms with Gasteiger partial charge in [0, 0.05) is 38.3 Å². The van der Waals surface area contributed by atoms with Crippen LogP contribution in [0.5, 0.6) is 0 Å². The van der Waals surface area contributed by atoms with E-state index in [2.05, 4.69) is 20.2 Å². The smallest absolute Gasteiger partial charge is 0.239 e. The van der Waals surface area contributed by atoms with Crippen LogP contribution in [0.1, 0.15) is 17.7 Å². The second-order valence-corrected chi connectivity index (χ2v) is 10.6. The van der Waals surface area contributed by atoms with Crippen molar-refractivity contribution >= 4 is 21.6 Å². The van der Waals surface area contributed by atoms with Gasteiger partial charge >= 0.3 is 0 Å². The zero-order valence-corrected chi connectivity index (χ0v) is 18.4. The average Bonchev–Trinajstić information content (AvgIpc) is 3.24. The average molecular weight is 432 g/mol. The molecule has 1 N–H and O–H groups in total. The zero-order valence-electron chi connectivity index (χ0n) is 17.5. The number of sulfone groups is 1. The fourth-order valence-electron chi connectivity index (χ4n) is 4.21. The van der Waals surface area contributed by atoms with Gasteiger partial charge in [-0.3, -0.25) is 14.6 Å². The highest BCUT2D eigenvalue weighted by atomic mass is 32.2. The minimum atomic E-state index is -2.87. The van der Waals surface area contributed by atoms with Crippen molar-refractivity contribution in [3.63, 3.8) is 0 Å². The Morgan fingerprint density at radius 1 is 1.13 bits per heavy atom. The summed E-state index contributed by atoms with van der Waals surface area (Å²) in [6.45, 7) is 7.38. The quantitative estimate of drug-likeness (QED) is 0.766. The maximum Gasteiger partial charge on any atom is 0.239 e. The number of benzene rings is 1. The van der Waals surface area contributed by atoms with Gasteiger partial charge in [0.1, 0.15) is 5.82 Å². The maximum absolute atomic E-state index is 12.7. The van der Waals surface area contributed by atoms with Gasteiger partial charge in [0.15, 0.2) is 9.84 Å². The summed E-state index contributed by atoms with van der Waals surface area (Å²) in [6.07, 6.45) is 0.727. The van der Waals surface area contributed by atoms with Crippen LogP contribution in [0.3, 0.4) is 0 Å². The third-order valence-corrected chi connectivity index (χ3v) is 7.63. The third kappa shape index (κ3) is 4.91. The van der Waals surface area contributed by atoms with Crippen LogP contribution in [-0.2, 0) is 14.6 Å². The lowest BCUT2D eigenvalue weighted by atomic mass is 10.2. The van der Waals surface area contributed by atoms with E-state index in [9.17, 15) is 13.2 Å². The number of amides is 1. The predicted octanol–water partition coefficient (Wildman–Crippen LogP) is 1.23. The summed E-state index contributed by atoms with van der Waals surface area (Å²) in [5.74, 6) is 1.17. The van der Waals surface area contributed by atoms with Gasteiger partial charge in [-0.25, -0.2) is 13.1 Å². The molecule has 1 aromatic heterocycles. The van der Waals surface area contributed by atoms with E-state index in [4.69, 9.17) is 0 Å². The van der Waals surface area contributed by atoms with Crippen molar-refractivity contribution in [2.75, 3.05) is 49.5 Å². The number of hydrogen-bond donors (Lipinski definition) is 1. The van der Waals surface area contributed by atoms with Crippen molar-refractivity contribution < 1.29 is 13.2 Å². The first kappa shape index (κ1) is 21.0. The molecule has 0 bridgehead atoms. The van der Waals surface area contributed by atoms with Crippen LogP contribution < -0.4 is 5.32 Å². The second kappa shape index (κ2) is 8.49. The van der Waals surface area contributed by atoms with E-state index >= 15 is 0 Å². The summed E-state index contributed by atoms with van der Waals surface area (Å²) >= 11 is 0. The molecule has 9 heteroatoms. The molecule has 30 heavy (non-hydrogen) atoms. The summed E-state index contributed by atoms with van der Waals surface area (Å²) in [6, 6.07) is 10.0. The van der Waals surface area contributed by atoms with Crippen molar-refractivity contribution in [2.24, 2.45) is 0 Å². The molecule has 1 aromatic carbocycles. The molecule has 2 aliphatic rings. The van der Waals surface area contributed by atoms with Crippen molar-refractivity contribution in [2.45, 2.75) is 26.3 Å². The molecular weight excluding hydrogens is 402 g/mol. The van der Waals surface area contributed by atoms with Crippen LogP contribution in [-0.4, -0.2) is 84.2 Å². The Hall–Kier alpha value is -2.23. The number of rotatable bonds is 5. The number of carbonyl (C=O) groups excluding carboxylic acids is 1. The van der Waals surface area contributed by atoms with Crippen molar-refractivity contribution in [3.05, 3.63) is 41.6 Å². The first-order valence-corrected chi connectivity index (χ1v) is 12.2. The highest BCUT2D eigenvalue weighted by molar-refractivity contribution is 7.91. The summed E-state index contributed by atoms with van der Waals surface area (Å²) in [4.78, 5) is 17.0. The van der Waals surface area contributed by atoms with E-state index in [0.29, 0.717) is 18.1 Å². The Balaban J connectivity index is 1.32. The van der Waals surface area contributed by atoms with E-state index in [1.807, 2.05) is 44.2 Å². The molecule has 2 aromatic rings. The molecule has 0 unspecified atom stereocenters. The van der Waals surface area contributed by atoms with Gasteiger partial charge in [-0.15, -0.1) is 0 Å². The number of carbonyl (C=O) groups is 1. The Bertz CT molecular complexity index is 1010. The van der Waals surface area contributed by atoms with Gasteiger partial charge in [-0.1, -0.05) is 17.7 Å². The number of nitrogens with zero attached hydrogens (tertiary/aromatic N) is 4. The summed E-state index contributed by atoms with van der Waals surface area (Å²) in [5, 5.41) is 7.50. The van der Waals surface area contributed by atoms with Crippen LogP contribution >= 0.6 is 0 Å². The number of piperazine rings is 1. The van der Waals surface area contributed by atoms with Gasteiger partial charge < -0.3 is 5.32 Å². The van der Waals surface area contributed by atoms with Gasteiger partial charge in [0.2, 0.25) is 5.91 Å². The molecule has 0 saturated carbocycles. The van der Waals surface area contributed by atoms with Crippen molar-refractivity contribution in [3.8, 4) is 5.69 Å². The molecule has 2 fully saturated rings. The number of aromatic nitrogens is 2. The van der Waals surface area contributed by atoms with Crippen LogP contribution in [0.4, 0.5) is 5.82 Å². The first-order chi connectivity index (χ1) is 14.3. The number of hydrogen-bond acceptors (Lipinski definition) is 6. The van der Waals surface area contributed by atoms with E-state index in [1.165, 1.54) is 5.56 Å². The number of aryl methyl sites for hydroxylation is 2. The maximum atomic E-state index is 12.7. The molecule has 1 amide bonds.